The molecular weight excluding hydrogens is 228 g/mol. The first-order valence-electron chi connectivity index (χ1n) is 5.96. The molecule has 1 amide bonds. The largest absolute Gasteiger partial charge is 0.393 e. The third-order valence-corrected chi connectivity index (χ3v) is 3.55. The number of aliphatic hydroxyl groups is 1. The van der Waals surface area contributed by atoms with E-state index in [1.54, 1.807) is 0 Å². The summed E-state index contributed by atoms with van der Waals surface area (Å²) in [5.41, 5.74) is 0. The van der Waals surface area contributed by atoms with Gasteiger partial charge in [0.1, 0.15) is 0 Å². The highest BCUT2D eigenvalue weighted by molar-refractivity contribution is 5.85. The summed E-state index contributed by atoms with van der Waals surface area (Å²) in [4.78, 5) is 11.5. The number of nitrogens with one attached hydrogen (secondary N) is 2. The zero-order valence-electron chi connectivity index (χ0n) is 9.45. The molecule has 5 heteroatoms. The summed E-state index contributed by atoms with van der Waals surface area (Å²) in [5, 5.41) is 15.7. The summed E-state index contributed by atoms with van der Waals surface area (Å²) >= 11 is 0. The van der Waals surface area contributed by atoms with Crippen LogP contribution in [-0.2, 0) is 4.79 Å². The molecule has 0 spiro atoms. The quantitative estimate of drug-likeness (QED) is 0.679. The van der Waals surface area contributed by atoms with Crippen molar-refractivity contribution in [2.24, 2.45) is 5.92 Å². The maximum Gasteiger partial charge on any atom is 0.237 e. The summed E-state index contributed by atoms with van der Waals surface area (Å²) in [7, 11) is 0. The monoisotopic (exact) mass is 248 g/mol. The van der Waals surface area contributed by atoms with Crippen LogP contribution in [0, 0.1) is 5.92 Å². The number of amides is 1. The number of carbonyl (C=O) groups excluding carboxylic acids is 1. The van der Waals surface area contributed by atoms with Crippen LogP contribution in [0.5, 0.6) is 0 Å². The maximum absolute atomic E-state index is 11.5. The highest BCUT2D eigenvalue weighted by Gasteiger charge is 2.27. The fourth-order valence-electron chi connectivity index (χ4n) is 2.29. The molecule has 1 aliphatic carbocycles. The van der Waals surface area contributed by atoms with E-state index < -0.39 is 0 Å². The molecule has 1 heterocycles. The van der Waals surface area contributed by atoms with Crippen LogP contribution in [0.25, 0.3) is 0 Å². The molecule has 0 bridgehead atoms. The van der Waals surface area contributed by atoms with E-state index in [2.05, 4.69) is 10.6 Å². The van der Waals surface area contributed by atoms with Crippen molar-refractivity contribution in [1.29, 1.82) is 0 Å². The maximum atomic E-state index is 11.5. The van der Waals surface area contributed by atoms with Crippen LogP contribution in [0.15, 0.2) is 0 Å². The molecule has 4 nitrogen and oxygen atoms in total. The first-order valence-corrected chi connectivity index (χ1v) is 5.96. The van der Waals surface area contributed by atoms with Crippen molar-refractivity contribution in [2.45, 2.75) is 44.2 Å². The Hall–Kier alpha value is -0.320. The van der Waals surface area contributed by atoms with E-state index in [9.17, 15) is 9.90 Å². The van der Waals surface area contributed by atoms with Crippen molar-refractivity contribution in [1.82, 2.24) is 10.6 Å². The lowest BCUT2D eigenvalue weighted by molar-refractivity contribution is -0.125. The third kappa shape index (κ3) is 3.34. The minimum absolute atomic E-state index is 0. The van der Waals surface area contributed by atoms with Gasteiger partial charge >= 0.3 is 0 Å². The standard InChI is InChI=1S/C11H20N2O2.ClH/c14-10-4-2-1-3-8(10)7-13-11(15)9-5-6-12-9;/h8-10,12,14H,1-7H2,(H,13,15);1H/t8?,9-,10?;/m1./s1. The Morgan fingerprint density at radius 1 is 1.31 bits per heavy atom. The van der Waals surface area contributed by atoms with Gasteiger partial charge in [-0.1, -0.05) is 12.8 Å². The van der Waals surface area contributed by atoms with Crippen LogP contribution in [0.4, 0.5) is 0 Å². The highest BCUT2D eigenvalue weighted by atomic mass is 35.5. The molecule has 2 aliphatic rings. The van der Waals surface area contributed by atoms with Crippen LogP contribution >= 0.6 is 12.4 Å². The highest BCUT2D eigenvalue weighted by Crippen LogP contribution is 2.23. The van der Waals surface area contributed by atoms with Crippen molar-refractivity contribution >= 4 is 18.3 Å². The van der Waals surface area contributed by atoms with Crippen molar-refractivity contribution in [3.05, 3.63) is 0 Å². The molecule has 2 fully saturated rings. The normalized spacial score (nSPS) is 33.4. The second-order valence-corrected chi connectivity index (χ2v) is 4.65. The molecule has 0 aromatic rings. The summed E-state index contributed by atoms with van der Waals surface area (Å²) in [6, 6.07) is 0.0192. The molecule has 16 heavy (non-hydrogen) atoms. The zero-order chi connectivity index (χ0) is 10.7. The molecule has 0 radical (unpaired) electrons. The molecule has 0 aromatic carbocycles. The Morgan fingerprint density at radius 3 is 2.56 bits per heavy atom. The zero-order valence-corrected chi connectivity index (χ0v) is 10.3. The first-order chi connectivity index (χ1) is 7.27. The first kappa shape index (κ1) is 13.7. The van der Waals surface area contributed by atoms with Gasteiger partial charge in [-0.2, -0.15) is 0 Å². The average Bonchev–Trinajstić information content (AvgIpc) is 2.14. The van der Waals surface area contributed by atoms with Gasteiger partial charge in [-0.3, -0.25) is 4.79 Å². The van der Waals surface area contributed by atoms with Crippen LogP contribution in [0.3, 0.4) is 0 Å². The van der Waals surface area contributed by atoms with E-state index >= 15 is 0 Å². The van der Waals surface area contributed by atoms with E-state index in [1.165, 1.54) is 6.42 Å². The van der Waals surface area contributed by atoms with E-state index in [0.29, 0.717) is 6.54 Å². The lowest BCUT2D eigenvalue weighted by Crippen LogP contribution is -2.54. The predicted molar refractivity (Wildman–Crippen MR) is 64.6 cm³/mol. The van der Waals surface area contributed by atoms with Gasteiger partial charge in [0.15, 0.2) is 0 Å². The second kappa shape index (κ2) is 6.42. The van der Waals surface area contributed by atoms with Gasteiger partial charge in [-0.15, -0.1) is 12.4 Å². The molecular formula is C11H21ClN2O2. The van der Waals surface area contributed by atoms with Crippen molar-refractivity contribution in [3.8, 4) is 0 Å². The lowest BCUT2D eigenvalue weighted by Gasteiger charge is -2.30. The van der Waals surface area contributed by atoms with E-state index in [4.69, 9.17) is 0 Å². The van der Waals surface area contributed by atoms with Gasteiger partial charge in [-0.25, -0.2) is 0 Å². The SMILES string of the molecule is Cl.O=C(NCC1CCCCC1O)[C@H]1CCN1. The Kier molecular flexibility index (Phi) is 5.52. The fraction of sp³-hybridized carbons (Fsp3) is 0.909. The number of hydrogen-bond donors (Lipinski definition) is 3. The van der Waals surface area contributed by atoms with E-state index in [1.807, 2.05) is 0 Å². The number of carbonyl (C=O) groups is 1. The van der Waals surface area contributed by atoms with Crippen molar-refractivity contribution < 1.29 is 9.90 Å². The van der Waals surface area contributed by atoms with Gasteiger partial charge in [0.2, 0.25) is 5.91 Å². The lowest BCUT2D eigenvalue weighted by atomic mass is 9.86. The summed E-state index contributed by atoms with van der Waals surface area (Å²) in [6.45, 7) is 1.59. The third-order valence-electron chi connectivity index (χ3n) is 3.55. The van der Waals surface area contributed by atoms with Gasteiger partial charge in [0.05, 0.1) is 12.1 Å². The van der Waals surface area contributed by atoms with Crippen molar-refractivity contribution in [3.63, 3.8) is 0 Å². The molecule has 3 N–H and O–H groups in total. The molecule has 2 rings (SSSR count). The van der Waals surface area contributed by atoms with E-state index in [-0.39, 0.29) is 36.4 Å². The average molecular weight is 249 g/mol. The molecule has 3 atom stereocenters. The molecule has 2 unspecified atom stereocenters. The Labute approximate surface area is 103 Å². The number of aliphatic hydroxyl groups excluding tert-OH is 1. The predicted octanol–water partition coefficient (Wildman–Crippen LogP) is 0.437. The van der Waals surface area contributed by atoms with Crippen LogP contribution in [0.2, 0.25) is 0 Å². The van der Waals surface area contributed by atoms with Gasteiger partial charge in [0.25, 0.3) is 0 Å². The number of rotatable bonds is 3. The summed E-state index contributed by atoms with van der Waals surface area (Å²) in [5.74, 6) is 0.363. The van der Waals surface area contributed by atoms with E-state index in [0.717, 1.165) is 32.2 Å². The minimum Gasteiger partial charge on any atom is -0.393 e. The Morgan fingerprint density at radius 2 is 2.00 bits per heavy atom. The fourth-order valence-corrected chi connectivity index (χ4v) is 2.29. The minimum atomic E-state index is -0.214. The smallest absolute Gasteiger partial charge is 0.237 e. The van der Waals surface area contributed by atoms with Crippen LogP contribution in [0.1, 0.15) is 32.1 Å². The van der Waals surface area contributed by atoms with Gasteiger partial charge in [-0.05, 0) is 25.8 Å². The van der Waals surface area contributed by atoms with Gasteiger partial charge in [0, 0.05) is 12.5 Å². The number of hydrogen-bond acceptors (Lipinski definition) is 3. The molecule has 1 saturated heterocycles. The topological polar surface area (TPSA) is 61.4 Å². The Balaban J connectivity index is 0.00000128. The Bertz CT molecular complexity index is 234. The summed E-state index contributed by atoms with van der Waals surface area (Å²) in [6.07, 6.45) is 4.96. The number of halogens is 1. The van der Waals surface area contributed by atoms with Crippen molar-refractivity contribution in [2.75, 3.05) is 13.1 Å². The summed E-state index contributed by atoms with van der Waals surface area (Å²) < 4.78 is 0. The van der Waals surface area contributed by atoms with Crippen LogP contribution < -0.4 is 10.6 Å². The molecule has 0 aromatic heterocycles. The molecule has 94 valence electrons. The van der Waals surface area contributed by atoms with Gasteiger partial charge < -0.3 is 15.7 Å². The van der Waals surface area contributed by atoms with Crippen LogP contribution in [-0.4, -0.2) is 36.2 Å². The molecule has 1 aliphatic heterocycles. The molecule has 1 saturated carbocycles. The second-order valence-electron chi connectivity index (χ2n) is 4.65.